The summed E-state index contributed by atoms with van der Waals surface area (Å²) < 4.78 is 14.9. The number of nitrogens with zero attached hydrogens (tertiary/aromatic N) is 5. The number of anilines is 1. The highest BCUT2D eigenvalue weighted by Crippen LogP contribution is 2.43. The number of aryl methyl sites for hydroxylation is 1. The van der Waals surface area contributed by atoms with Crippen molar-refractivity contribution in [3.05, 3.63) is 35.1 Å². The second kappa shape index (κ2) is 6.09. The van der Waals surface area contributed by atoms with E-state index in [4.69, 9.17) is 5.73 Å². The Balaban J connectivity index is 1.49. The first-order chi connectivity index (χ1) is 12.0. The van der Waals surface area contributed by atoms with Crippen LogP contribution in [0.15, 0.2) is 18.2 Å². The van der Waals surface area contributed by atoms with Crippen LogP contribution in [0.5, 0.6) is 0 Å². The molecular weight excluding hydrogens is 323 g/mol. The van der Waals surface area contributed by atoms with Crippen LogP contribution < -0.4 is 5.73 Å². The molecule has 1 unspecified atom stereocenters. The molecule has 3 heterocycles. The molecule has 132 valence electrons. The van der Waals surface area contributed by atoms with Gasteiger partial charge >= 0.3 is 0 Å². The van der Waals surface area contributed by atoms with Gasteiger partial charge in [0.05, 0.1) is 0 Å². The lowest BCUT2D eigenvalue weighted by Crippen LogP contribution is -2.47. The number of halogens is 1. The minimum atomic E-state index is -0.168. The first kappa shape index (κ1) is 16.0. The lowest BCUT2D eigenvalue weighted by Gasteiger charge is -2.39. The minimum Gasteiger partial charge on any atom is -0.367 e. The van der Waals surface area contributed by atoms with Gasteiger partial charge in [-0.3, -0.25) is 4.79 Å². The standard InChI is InChI=1S/C17H21FN6O/c1-10-6-11(2-5-15(10)18)12-7-13-3-4-14(8-12)24(13)16(25)9-23-17(19)20-21-22-23/h2,5-6,12-14H,3-4,7-9H2,1H3,(H2,19,20,22)/t12?,13-,14+. The maximum atomic E-state index is 13.5. The molecule has 2 fully saturated rings. The number of amides is 1. The van der Waals surface area contributed by atoms with Gasteiger partial charge in [-0.15, -0.1) is 0 Å². The molecule has 4 rings (SSSR count). The zero-order chi connectivity index (χ0) is 17.6. The second-order valence-electron chi connectivity index (χ2n) is 7.06. The van der Waals surface area contributed by atoms with E-state index in [9.17, 15) is 9.18 Å². The van der Waals surface area contributed by atoms with E-state index >= 15 is 0 Å². The van der Waals surface area contributed by atoms with E-state index in [1.165, 1.54) is 10.2 Å². The monoisotopic (exact) mass is 344 g/mol. The molecule has 0 saturated carbocycles. The number of rotatable bonds is 3. The van der Waals surface area contributed by atoms with Crippen LogP contribution in [0, 0.1) is 12.7 Å². The SMILES string of the molecule is Cc1cc(C2C[C@H]3CC[C@@H](C2)N3C(=O)Cn2nnnc2N)ccc1F. The van der Waals surface area contributed by atoms with E-state index in [2.05, 4.69) is 15.5 Å². The molecular formula is C17H21FN6O. The van der Waals surface area contributed by atoms with Crippen LogP contribution in [0.25, 0.3) is 0 Å². The lowest BCUT2D eigenvalue weighted by atomic mass is 9.84. The van der Waals surface area contributed by atoms with Crippen molar-refractivity contribution in [3.8, 4) is 0 Å². The van der Waals surface area contributed by atoms with Gasteiger partial charge in [-0.25, -0.2) is 9.07 Å². The number of nitrogen functional groups attached to an aromatic ring is 1. The number of piperidine rings is 1. The third-order valence-electron chi connectivity index (χ3n) is 5.52. The summed E-state index contributed by atoms with van der Waals surface area (Å²) in [6.07, 6.45) is 3.85. The van der Waals surface area contributed by atoms with Gasteiger partial charge in [0, 0.05) is 12.1 Å². The van der Waals surface area contributed by atoms with Gasteiger partial charge < -0.3 is 10.6 Å². The molecule has 2 aliphatic heterocycles. The van der Waals surface area contributed by atoms with Crippen molar-refractivity contribution in [1.82, 2.24) is 25.1 Å². The van der Waals surface area contributed by atoms with Crippen LogP contribution in [-0.4, -0.2) is 43.1 Å². The van der Waals surface area contributed by atoms with Gasteiger partial charge in [0.1, 0.15) is 12.4 Å². The van der Waals surface area contributed by atoms with E-state index in [0.717, 1.165) is 25.7 Å². The molecule has 2 bridgehead atoms. The Labute approximate surface area is 145 Å². The van der Waals surface area contributed by atoms with Gasteiger partial charge in [-0.2, -0.15) is 0 Å². The normalized spacial score (nSPS) is 25.4. The molecule has 0 radical (unpaired) electrons. The molecule has 2 aromatic rings. The topological polar surface area (TPSA) is 89.9 Å². The first-order valence-electron chi connectivity index (χ1n) is 8.61. The summed E-state index contributed by atoms with van der Waals surface area (Å²) in [6, 6.07) is 5.81. The molecule has 2 aliphatic rings. The van der Waals surface area contributed by atoms with Crippen LogP contribution in [-0.2, 0) is 11.3 Å². The lowest BCUT2D eigenvalue weighted by molar-refractivity contribution is -0.136. The maximum absolute atomic E-state index is 13.5. The van der Waals surface area contributed by atoms with Crippen molar-refractivity contribution >= 4 is 11.9 Å². The van der Waals surface area contributed by atoms with Crippen molar-refractivity contribution in [3.63, 3.8) is 0 Å². The first-order valence-corrected chi connectivity index (χ1v) is 8.61. The van der Waals surface area contributed by atoms with E-state index in [-0.39, 0.29) is 36.3 Å². The summed E-state index contributed by atoms with van der Waals surface area (Å²) in [5, 5.41) is 10.8. The van der Waals surface area contributed by atoms with Crippen LogP contribution in [0.2, 0.25) is 0 Å². The summed E-state index contributed by atoms with van der Waals surface area (Å²) in [5.74, 6) is 0.370. The number of fused-ring (bicyclic) bond motifs is 2. The highest BCUT2D eigenvalue weighted by molar-refractivity contribution is 5.77. The van der Waals surface area contributed by atoms with Crippen LogP contribution in [0.1, 0.15) is 42.7 Å². The average molecular weight is 344 g/mol. The maximum Gasteiger partial charge on any atom is 0.245 e. The number of carbonyl (C=O) groups is 1. The largest absolute Gasteiger partial charge is 0.367 e. The highest BCUT2D eigenvalue weighted by atomic mass is 19.1. The molecule has 1 aromatic heterocycles. The predicted molar refractivity (Wildman–Crippen MR) is 89.0 cm³/mol. The zero-order valence-electron chi connectivity index (χ0n) is 14.1. The Kier molecular flexibility index (Phi) is 3.89. The number of hydrogen-bond donors (Lipinski definition) is 1. The quantitative estimate of drug-likeness (QED) is 0.914. The number of hydrogen-bond acceptors (Lipinski definition) is 5. The Morgan fingerprint density at radius 1 is 1.32 bits per heavy atom. The molecule has 25 heavy (non-hydrogen) atoms. The van der Waals surface area contributed by atoms with Crippen LogP contribution in [0.3, 0.4) is 0 Å². The number of nitrogens with two attached hydrogens (primary N) is 1. The summed E-state index contributed by atoms with van der Waals surface area (Å²) in [5.41, 5.74) is 7.51. The Morgan fingerprint density at radius 3 is 2.64 bits per heavy atom. The van der Waals surface area contributed by atoms with Crippen molar-refractivity contribution in [1.29, 1.82) is 0 Å². The molecule has 7 nitrogen and oxygen atoms in total. The summed E-state index contributed by atoms with van der Waals surface area (Å²) in [4.78, 5) is 14.7. The van der Waals surface area contributed by atoms with Crippen LogP contribution >= 0.6 is 0 Å². The average Bonchev–Trinajstić information content (AvgIpc) is 3.10. The van der Waals surface area contributed by atoms with E-state index < -0.39 is 0 Å². The van der Waals surface area contributed by atoms with Crippen molar-refractivity contribution in [2.45, 2.75) is 57.2 Å². The molecule has 0 spiro atoms. The fourth-order valence-corrected chi connectivity index (χ4v) is 4.31. The highest BCUT2D eigenvalue weighted by Gasteiger charge is 2.43. The fourth-order valence-electron chi connectivity index (χ4n) is 4.31. The third kappa shape index (κ3) is 2.85. The van der Waals surface area contributed by atoms with Crippen molar-refractivity contribution in [2.75, 3.05) is 5.73 Å². The smallest absolute Gasteiger partial charge is 0.245 e. The Hall–Kier alpha value is -2.51. The van der Waals surface area contributed by atoms with Gasteiger partial charge in [0.2, 0.25) is 11.9 Å². The van der Waals surface area contributed by atoms with Crippen molar-refractivity contribution < 1.29 is 9.18 Å². The third-order valence-corrected chi connectivity index (χ3v) is 5.52. The van der Waals surface area contributed by atoms with Gasteiger partial charge in [0.15, 0.2) is 0 Å². The predicted octanol–water partition coefficient (Wildman–Crippen LogP) is 1.64. The van der Waals surface area contributed by atoms with Crippen LogP contribution in [0.4, 0.5) is 10.3 Å². The fraction of sp³-hybridized carbons (Fsp3) is 0.529. The van der Waals surface area contributed by atoms with Gasteiger partial charge in [-0.05, 0) is 66.1 Å². The summed E-state index contributed by atoms with van der Waals surface area (Å²) in [7, 11) is 0. The Bertz CT molecular complexity index is 792. The Morgan fingerprint density at radius 2 is 2.04 bits per heavy atom. The number of tetrazole rings is 1. The van der Waals surface area contributed by atoms with E-state index in [1.54, 1.807) is 13.0 Å². The van der Waals surface area contributed by atoms with Gasteiger partial charge in [0.25, 0.3) is 0 Å². The molecule has 3 atom stereocenters. The molecule has 2 saturated heterocycles. The molecule has 0 aliphatic carbocycles. The van der Waals surface area contributed by atoms with Gasteiger partial charge in [-0.1, -0.05) is 17.2 Å². The molecule has 1 amide bonds. The second-order valence-corrected chi connectivity index (χ2v) is 7.06. The van der Waals surface area contributed by atoms with E-state index in [0.29, 0.717) is 11.5 Å². The number of benzene rings is 1. The molecule has 8 heteroatoms. The van der Waals surface area contributed by atoms with Crippen molar-refractivity contribution in [2.24, 2.45) is 0 Å². The zero-order valence-corrected chi connectivity index (χ0v) is 14.1. The number of carbonyl (C=O) groups excluding carboxylic acids is 1. The van der Waals surface area contributed by atoms with E-state index in [1.807, 2.05) is 17.0 Å². The minimum absolute atomic E-state index is 0.0141. The molecule has 1 aromatic carbocycles. The summed E-state index contributed by atoms with van der Waals surface area (Å²) in [6.45, 7) is 1.87. The summed E-state index contributed by atoms with van der Waals surface area (Å²) >= 11 is 0. The number of aromatic nitrogens is 4. The molecule has 2 N–H and O–H groups in total.